The molecule has 6 heteroatoms. The van der Waals surface area contributed by atoms with Crippen molar-refractivity contribution in [3.05, 3.63) is 30.3 Å². The van der Waals surface area contributed by atoms with Crippen LogP contribution in [0.15, 0.2) is 30.3 Å². The van der Waals surface area contributed by atoms with E-state index in [2.05, 4.69) is 15.4 Å². The van der Waals surface area contributed by atoms with E-state index in [1.54, 1.807) is 0 Å². The highest BCUT2D eigenvalue weighted by Gasteiger charge is 2.29. The van der Waals surface area contributed by atoms with Gasteiger partial charge in [-0.05, 0) is 31.9 Å². The second kappa shape index (κ2) is 7.55. The highest BCUT2D eigenvalue weighted by atomic mass is 16.2. The molecule has 6 nitrogen and oxygen atoms in total. The van der Waals surface area contributed by atoms with Crippen LogP contribution in [0, 0.1) is 0 Å². The highest BCUT2D eigenvalue weighted by molar-refractivity contribution is 5.80. The summed E-state index contributed by atoms with van der Waals surface area (Å²) in [6, 6.07) is 9.62. The van der Waals surface area contributed by atoms with Crippen LogP contribution in [0.1, 0.15) is 52.0 Å². The number of hydrogen-bond donors (Lipinski definition) is 0. The number of tetrazole rings is 1. The lowest BCUT2D eigenvalue weighted by atomic mass is 9.94. The number of hydrogen-bond acceptors (Lipinski definition) is 4. The molecular weight excluding hydrogens is 302 g/mol. The van der Waals surface area contributed by atoms with Gasteiger partial charge < -0.3 is 4.90 Å². The first kappa shape index (κ1) is 16.6. The summed E-state index contributed by atoms with van der Waals surface area (Å²) in [5.41, 5.74) is 0.906. The number of amides is 1. The molecule has 1 heterocycles. The first-order valence-corrected chi connectivity index (χ1v) is 8.86. The lowest BCUT2D eigenvalue weighted by molar-refractivity contribution is -0.137. The van der Waals surface area contributed by atoms with Crippen molar-refractivity contribution in [3.8, 4) is 11.4 Å². The van der Waals surface area contributed by atoms with Crippen molar-refractivity contribution in [1.82, 2.24) is 25.1 Å². The predicted molar refractivity (Wildman–Crippen MR) is 92.2 cm³/mol. The van der Waals surface area contributed by atoms with Crippen LogP contribution in [-0.4, -0.2) is 43.6 Å². The van der Waals surface area contributed by atoms with Crippen molar-refractivity contribution in [1.29, 1.82) is 0 Å². The normalized spacial score (nSPS) is 16.8. The van der Waals surface area contributed by atoms with E-state index in [1.165, 1.54) is 24.1 Å². The fourth-order valence-electron chi connectivity index (χ4n) is 3.42. The van der Waals surface area contributed by atoms with Crippen molar-refractivity contribution in [2.75, 3.05) is 6.54 Å². The largest absolute Gasteiger partial charge is 0.338 e. The van der Waals surface area contributed by atoms with E-state index in [0.29, 0.717) is 11.9 Å². The molecule has 1 aliphatic rings. The molecule has 0 bridgehead atoms. The number of aromatic nitrogens is 4. The molecule has 128 valence electrons. The maximum atomic E-state index is 12.9. The monoisotopic (exact) mass is 327 g/mol. The Morgan fingerprint density at radius 3 is 2.62 bits per heavy atom. The van der Waals surface area contributed by atoms with Gasteiger partial charge >= 0.3 is 0 Å². The molecule has 3 rings (SSSR count). The zero-order chi connectivity index (χ0) is 16.9. The second-order valence-electron chi connectivity index (χ2n) is 6.39. The van der Waals surface area contributed by atoms with Crippen LogP contribution in [0.25, 0.3) is 11.4 Å². The van der Waals surface area contributed by atoms with Gasteiger partial charge in [-0.25, -0.2) is 0 Å². The van der Waals surface area contributed by atoms with Crippen molar-refractivity contribution in [3.63, 3.8) is 0 Å². The summed E-state index contributed by atoms with van der Waals surface area (Å²) in [5, 5.41) is 12.6. The van der Waals surface area contributed by atoms with Crippen LogP contribution in [0.3, 0.4) is 0 Å². The average Bonchev–Trinajstić information content (AvgIpc) is 3.13. The number of carbonyl (C=O) groups is 1. The Morgan fingerprint density at radius 1 is 1.25 bits per heavy atom. The Kier molecular flexibility index (Phi) is 5.23. The van der Waals surface area contributed by atoms with Crippen LogP contribution >= 0.6 is 0 Å². The zero-order valence-corrected chi connectivity index (χ0v) is 14.4. The Bertz CT molecular complexity index is 663. The molecule has 0 radical (unpaired) electrons. The molecule has 1 amide bonds. The number of rotatable bonds is 5. The fourth-order valence-corrected chi connectivity index (χ4v) is 3.42. The summed E-state index contributed by atoms with van der Waals surface area (Å²) in [6.07, 6.45) is 5.91. The standard InChI is InChI=1S/C18H25N5O/c1-3-22(16-12-8-5-9-13-16)18(24)14(2)23-20-17(19-21-23)15-10-6-4-7-11-15/h4,6-7,10-11,14,16H,3,5,8-9,12-13H2,1-2H3. The topological polar surface area (TPSA) is 63.9 Å². The number of carbonyl (C=O) groups excluding carboxylic acids is 1. The summed E-state index contributed by atoms with van der Waals surface area (Å²) < 4.78 is 0. The minimum Gasteiger partial charge on any atom is -0.338 e. The molecule has 0 saturated heterocycles. The minimum absolute atomic E-state index is 0.0846. The lowest BCUT2D eigenvalue weighted by Crippen LogP contribution is -2.44. The van der Waals surface area contributed by atoms with Crippen LogP contribution in [0.4, 0.5) is 0 Å². The van der Waals surface area contributed by atoms with E-state index in [1.807, 2.05) is 49.1 Å². The molecule has 24 heavy (non-hydrogen) atoms. The van der Waals surface area contributed by atoms with Crippen LogP contribution in [0.5, 0.6) is 0 Å². The fraction of sp³-hybridized carbons (Fsp3) is 0.556. The maximum Gasteiger partial charge on any atom is 0.249 e. The van der Waals surface area contributed by atoms with Crippen molar-refractivity contribution >= 4 is 5.91 Å². The molecule has 1 aromatic carbocycles. The molecule has 1 saturated carbocycles. The van der Waals surface area contributed by atoms with Gasteiger partial charge in [0.1, 0.15) is 6.04 Å². The molecule has 1 aliphatic carbocycles. The summed E-state index contributed by atoms with van der Waals surface area (Å²) in [5.74, 6) is 0.636. The molecule has 1 fully saturated rings. The van der Waals surface area contributed by atoms with E-state index in [9.17, 15) is 4.79 Å². The Hall–Kier alpha value is -2.24. The summed E-state index contributed by atoms with van der Waals surface area (Å²) in [7, 11) is 0. The van der Waals surface area contributed by atoms with Gasteiger partial charge in [0.2, 0.25) is 11.7 Å². The number of benzene rings is 1. The highest BCUT2D eigenvalue weighted by Crippen LogP contribution is 2.24. The molecule has 0 spiro atoms. The van der Waals surface area contributed by atoms with Gasteiger partial charge in [-0.1, -0.05) is 49.6 Å². The van der Waals surface area contributed by atoms with Crippen LogP contribution in [0.2, 0.25) is 0 Å². The molecule has 2 aromatic rings. The molecule has 1 unspecified atom stereocenters. The number of nitrogens with zero attached hydrogens (tertiary/aromatic N) is 5. The Balaban J connectivity index is 1.74. The van der Waals surface area contributed by atoms with E-state index >= 15 is 0 Å². The third-order valence-electron chi connectivity index (χ3n) is 4.80. The maximum absolute atomic E-state index is 12.9. The van der Waals surface area contributed by atoms with Gasteiger partial charge in [-0.15, -0.1) is 10.2 Å². The summed E-state index contributed by atoms with van der Waals surface area (Å²) in [4.78, 5) is 16.4. The third kappa shape index (κ3) is 3.47. The predicted octanol–water partition coefficient (Wildman–Crippen LogP) is 3.08. The van der Waals surface area contributed by atoms with Crippen LogP contribution in [-0.2, 0) is 4.79 Å². The van der Waals surface area contributed by atoms with Gasteiger partial charge in [-0.2, -0.15) is 4.80 Å². The minimum atomic E-state index is -0.433. The summed E-state index contributed by atoms with van der Waals surface area (Å²) >= 11 is 0. The second-order valence-corrected chi connectivity index (χ2v) is 6.39. The SMILES string of the molecule is CCN(C(=O)C(C)n1nnc(-c2ccccc2)n1)C1CCCCC1. The molecule has 0 N–H and O–H groups in total. The van der Waals surface area contributed by atoms with Crippen molar-refractivity contribution in [2.24, 2.45) is 0 Å². The smallest absolute Gasteiger partial charge is 0.249 e. The molecule has 0 aliphatic heterocycles. The van der Waals surface area contributed by atoms with E-state index < -0.39 is 6.04 Å². The van der Waals surface area contributed by atoms with Gasteiger partial charge in [0.15, 0.2) is 0 Å². The van der Waals surface area contributed by atoms with Crippen LogP contribution < -0.4 is 0 Å². The molecule has 1 aromatic heterocycles. The van der Waals surface area contributed by atoms with E-state index in [-0.39, 0.29) is 5.91 Å². The third-order valence-corrected chi connectivity index (χ3v) is 4.80. The van der Waals surface area contributed by atoms with Gasteiger partial charge in [0, 0.05) is 18.2 Å². The average molecular weight is 327 g/mol. The number of likely N-dealkylation sites (N-methyl/N-ethyl adjacent to an activating group) is 1. The first-order valence-electron chi connectivity index (χ1n) is 8.86. The Labute approximate surface area is 142 Å². The van der Waals surface area contributed by atoms with E-state index in [4.69, 9.17) is 0 Å². The first-order chi connectivity index (χ1) is 11.7. The van der Waals surface area contributed by atoms with Crippen molar-refractivity contribution < 1.29 is 4.79 Å². The van der Waals surface area contributed by atoms with Gasteiger partial charge in [-0.3, -0.25) is 4.79 Å². The van der Waals surface area contributed by atoms with Crippen molar-refractivity contribution in [2.45, 2.75) is 58.0 Å². The zero-order valence-electron chi connectivity index (χ0n) is 14.4. The summed E-state index contributed by atoms with van der Waals surface area (Å²) in [6.45, 7) is 4.63. The van der Waals surface area contributed by atoms with Gasteiger partial charge in [0.05, 0.1) is 0 Å². The van der Waals surface area contributed by atoms with Gasteiger partial charge in [0.25, 0.3) is 0 Å². The molecular formula is C18H25N5O. The lowest BCUT2D eigenvalue weighted by Gasteiger charge is -2.34. The Morgan fingerprint density at radius 2 is 1.96 bits per heavy atom. The van der Waals surface area contributed by atoms with E-state index in [0.717, 1.165) is 24.9 Å². The molecule has 1 atom stereocenters. The quantitative estimate of drug-likeness (QED) is 0.846.